The molecule has 2 aromatic rings. The molecular formula is C25H28ClN. The minimum Gasteiger partial charge on any atom is -0.192 e. The smallest absolute Gasteiger partial charge is 0.101 e. The second-order valence-electron chi connectivity index (χ2n) is 8.74. The largest absolute Gasteiger partial charge is 0.192 e. The summed E-state index contributed by atoms with van der Waals surface area (Å²) in [5, 5.41) is 9.72. The summed E-state index contributed by atoms with van der Waals surface area (Å²) in [6, 6.07) is 16.9. The van der Waals surface area contributed by atoms with Crippen molar-refractivity contribution in [2.24, 2.45) is 5.41 Å². The maximum atomic E-state index is 9.17. The number of hydrogen-bond acceptors (Lipinski definition) is 1. The third-order valence-corrected chi connectivity index (χ3v) is 7.67. The average Bonchev–Trinajstić information content (AvgIpc) is 2.73. The monoisotopic (exact) mass is 377 g/mol. The molecule has 0 saturated heterocycles. The molecule has 0 N–H and O–H groups in total. The van der Waals surface area contributed by atoms with Crippen LogP contribution in [0.1, 0.15) is 75.8 Å². The van der Waals surface area contributed by atoms with Crippen molar-refractivity contribution in [3.63, 3.8) is 0 Å². The minimum absolute atomic E-state index is 0.324. The number of fused-ring (bicyclic) bond motifs is 3. The summed E-state index contributed by atoms with van der Waals surface area (Å²) < 4.78 is 0. The number of benzene rings is 2. The lowest BCUT2D eigenvalue weighted by atomic mass is 9.50. The van der Waals surface area contributed by atoms with Crippen LogP contribution in [0.3, 0.4) is 0 Å². The van der Waals surface area contributed by atoms with Gasteiger partial charge >= 0.3 is 0 Å². The van der Waals surface area contributed by atoms with Gasteiger partial charge in [-0.15, -0.1) is 0 Å². The molecule has 3 saturated carbocycles. The molecule has 3 fully saturated rings. The van der Waals surface area contributed by atoms with E-state index in [1.807, 2.05) is 12.1 Å². The van der Waals surface area contributed by atoms with E-state index in [1.54, 1.807) is 0 Å². The normalized spacial score (nSPS) is 26.7. The molecule has 140 valence electrons. The lowest BCUT2D eigenvalue weighted by Crippen LogP contribution is -2.44. The molecule has 2 heteroatoms. The van der Waals surface area contributed by atoms with Crippen LogP contribution < -0.4 is 0 Å². The van der Waals surface area contributed by atoms with Gasteiger partial charge in [0.05, 0.1) is 10.6 Å². The van der Waals surface area contributed by atoms with Crippen LogP contribution in [0.15, 0.2) is 42.5 Å². The molecule has 0 unspecified atom stereocenters. The van der Waals surface area contributed by atoms with Crippen molar-refractivity contribution in [2.75, 3.05) is 0 Å². The zero-order chi connectivity index (χ0) is 18.9. The number of nitrogens with zero attached hydrogens (tertiary/aromatic N) is 1. The highest BCUT2D eigenvalue weighted by Gasteiger charge is 2.49. The maximum Gasteiger partial charge on any atom is 0.101 e. The fraction of sp³-hybridized carbons (Fsp3) is 0.480. The molecule has 0 aromatic heterocycles. The Labute approximate surface area is 168 Å². The average molecular weight is 378 g/mol. The Hall–Kier alpha value is -1.78. The van der Waals surface area contributed by atoms with Gasteiger partial charge in [-0.05, 0) is 84.6 Å². The molecular weight excluding hydrogens is 350 g/mol. The molecule has 0 spiro atoms. The van der Waals surface area contributed by atoms with E-state index in [0.29, 0.717) is 21.4 Å². The van der Waals surface area contributed by atoms with Crippen molar-refractivity contribution in [3.8, 4) is 17.2 Å². The van der Waals surface area contributed by atoms with Crippen molar-refractivity contribution in [2.45, 2.75) is 70.1 Å². The molecule has 0 heterocycles. The topological polar surface area (TPSA) is 23.8 Å². The van der Waals surface area contributed by atoms with E-state index in [9.17, 15) is 5.26 Å². The lowest BCUT2D eigenvalue weighted by molar-refractivity contribution is 0.0311. The van der Waals surface area contributed by atoms with Crippen molar-refractivity contribution in [1.82, 2.24) is 0 Å². The van der Waals surface area contributed by atoms with Gasteiger partial charge in [0.25, 0.3) is 0 Å². The predicted octanol–water partition coefficient (Wildman–Crippen LogP) is 7.66. The van der Waals surface area contributed by atoms with Crippen LogP contribution in [-0.4, -0.2) is 0 Å². The third kappa shape index (κ3) is 3.30. The van der Waals surface area contributed by atoms with E-state index in [1.165, 1.54) is 68.9 Å². The maximum absolute atomic E-state index is 9.17. The fourth-order valence-corrected chi connectivity index (χ4v) is 5.79. The second kappa shape index (κ2) is 7.33. The Morgan fingerprint density at radius 2 is 1.70 bits per heavy atom. The summed E-state index contributed by atoms with van der Waals surface area (Å²) in [6.45, 7) is 2.31. The molecule has 27 heavy (non-hydrogen) atoms. The first-order chi connectivity index (χ1) is 13.1. The van der Waals surface area contributed by atoms with Crippen molar-refractivity contribution < 1.29 is 0 Å². The van der Waals surface area contributed by atoms with Crippen molar-refractivity contribution >= 4 is 11.6 Å². The zero-order valence-corrected chi connectivity index (χ0v) is 17.0. The van der Waals surface area contributed by atoms with Gasteiger partial charge in [0.15, 0.2) is 0 Å². The Morgan fingerprint density at radius 3 is 2.33 bits per heavy atom. The van der Waals surface area contributed by atoms with Gasteiger partial charge in [-0.1, -0.05) is 61.7 Å². The quantitative estimate of drug-likeness (QED) is 0.524. The summed E-state index contributed by atoms with van der Waals surface area (Å²) in [4.78, 5) is 0. The van der Waals surface area contributed by atoms with Crippen LogP contribution in [-0.2, 0) is 5.41 Å². The van der Waals surface area contributed by atoms with E-state index in [-0.39, 0.29) is 0 Å². The van der Waals surface area contributed by atoms with Gasteiger partial charge < -0.3 is 0 Å². The molecule has 2 aromatic carbocycles. The van der Waals surface area contributed by atoms with E-state index in [0.717, 1.165) is 5.56 Å². The number of unbranched alkanes of at least 4 members (excludes halogenated alkanes) is 1. The molecule has 0 radical (unpaired) electrons. The van der Waals surface area contributed by atoms with Gasteiger partial charge in [0.1, 0.15) is 6.07 Å². The van der Waals surface area contributed by atoms with Crippen molar-refractivity contribution in [1.29, 1.82) is 5.26 Å². The van der Waals surface area contributed by atoms with Gasteiger partial charge in [0, 0.05) is 0 Å². The van der Waals surface area contributed by atoms with Crippen LogP contribution in [0, 0.1) is 16.7 Å². The number of rotatable bonds is 5. The van der Waals surface area contributed by atoms with E-state index in [2.05, 4.69) is 43.3 Å². The Balaban J connectivity index is 1.67. The van der Waals surface area contributed by atoms with Gasteiger partial charge in [-0.3, -0.25) is 0 Å². The summed E-state index contributed by atoms with van der Waals surface area (Å²) in [7, 11) is 0. The predicted molar refractivity (Wildman–Crippen MR) is 113 cm³/mol. The molecule has 0 amide bonds. The molecule has 0 atom stereocenters. The molecule has 2 bridgehead atoms. The van der Waals surface area contributed by atoms with Gasteiger partial charge in [-0.2, -0.15) is 5.26 Å². The molecule has 1 nitrogen and oxygen atoms in total. The first kappa shape index (κ1) is 18.6. The zero-order valence-electron chi connectivity index (χ0n) is 16.2. The Bertz CT molecular complexity index is 852. The summed E-state index contributed by atoms with van der Waals surface area (Å²) >= 11 is 6.34. The minimum atomic E-state index is 0.324. The first-order valence-corrected chi connectivity index (χ1v) is 10.8. The van der Waals surface area contributed by atoms with Crippen LogP contribution in [0.4, 0.5) is 0 Å². The first-order valence-electron chi connectivity index (χ1n) is 10.4. The Morgan fingerprint density at radius 1 is 1.00 bits per heavy atom. The van der Waals surface area contributed by atoms with Crippen molar-refractivity contribution in [3.05, 3.63) is 58.6 Å². The standard InChI is InChI=1S/C25H28ClN/c1-2-3-10-24-11-14-25(15-12-24,16-13-24)22-7-5-4-6-21(22)19-8-9-20(18-27)23(26)17-19/h4-9,17H,2-3,10-16H2,1H3. The van der Waals surface area contributed by atoms with Crippen LogP contribution in [0.5, 0.6) is 0 Å². The highest BCUT2D eigenvalue weighted by molar-refractivity contribution is 6.32. The molecule has 3 aliphatic rings. The van der Waals surface area contributed by atoms with Crippen LogP contribution >= 0.6 is 11.6 Å². The van der Waals surface area contributed by atoms with Crippen LogP contribution in [0.25, 0.3) is 11.1 Å². The molecule has 5 rings (SSSR count). The summed E-state index contributed by atoms with van der Waals surface area (Å²) in [6.07, 6.45) is 12.2. The Kier molecular flexibility index (Phi) is 5.04. The number of hydrogen-bond donors (Lipinski definition) is 0. The molecule has 3 aliphatic carbocycles. The van der Waals surface area contributed by atoms with E-state index in [4.69, 9.17) is 11.6 Å². The van der Waals surface area contributed by atoms with Gasteiger partial charge in [0.2, 0.25) is 0 Å². The van der Waals surface area contributed by atoms with Crippen LogP contribution in [0.2, 0.25) is 5.02 Å². The summed E-state index contributed by atoms with van der Waals surface area (Å²) in [5.74, 6) is 0. The lowest BCUT2D eigenvalue weighted by Gasteiger charge is -2.54. The van der Waals surface area contributed by atoms with Gasteiger partial charge in [-0.25, -0.2) is 0 Å². The number of nitriles is 1. The third-order valence-electron chi connectivity index (χ3n) is 7.36. The van der Waals surface area contributed by atoms with E-state index >= 15 is 0 Å². The SMILES string of the molecule is CCCCC12CCC(c3ccccc3-c3ccc(C#N)c(Cl)c3)(CC1)CC2. The summed E-state index contributed by atoms with van der Waals surface area (Å²) in [5.41, 5.74) is 5.43. The highest BCUT2D eigenvalue weighted by Crippen LogP contribution is 2.60. The van der Waals surface area contributed by atoms with E-state index < -0.39 is 0 Å². The molecule has 0 aliphatic heterocycles. The fourth-order valence-electron chi connectivity index (χ4n) is 5.56. The number of halogens is 1. The highest BCUT2D eigenvalue weighted by atomic mass is 35.5. The second-order valence-corrected chi connectivity index (χ2v) is 9.14.